The Kier molecular flexibility index (Phi) is 8.47. The van der Waals surface area contributed by atoms with Crippen LogP contribution in [0.5, 0.6) is 5.75 Å². The van der Waals surface area contributed by atoms with Crippen LogP contribution in [0.4, 0.5) is 13.2 Å². The van der Waals surface area contributed by atoms with E-state index in [1.54, 1.807) is 18.9 Å². The van der Waals surface area contributed by atoms with Gasteiger partial charge in [0.15, 0.2) is 0 Å². The first-order valence-corrected chi connectivity index (χ1v) is 12.6. The van der Waals surface area contributed by atoms with Crippen LogP contribution in [-0.2, 0) is 23.9 Å². The van der Waals surface area contributed by atoms with Crippen molar-refractivity contribution in [2.45, 2.75) is 48.8 Å². The molecule has 3 saturated heterocycles. The number of carboxylic acids is 1. The van der Waals surface area contributed by atoms with Gasteiger partial charge in [0.25, 0.3) is 0 Å². The van der Waals surface area contributed by atoms with E-state index >= 15 is 0 Å². The number of amides is 2. The van der Waals surface area contributed by atoms with Crippen molar-refractivity contribution in [2.24, 2.45) is 11.8 Å². The van der Waals surface area contributed by atoms with Crippen molar-refractivity contribution in [2.75, 3.05) is 33.6 Å². The number of aliphatic carboxylic acids is 1. The molecule has 3 aliphatic heterocycles. The third-order valence-corrected chi connectivity index (χ3v) is 8.03. The second-order valence-electron chi connectivity index (χ2n) is 8.90. The molecule has 2 amide bonds. The highest BCUT2D eigenvalue weighted by molar-refractivity contribution is 7.99. The van der Waals surface area contributed by atoms with Gasteiger partial charge in [0.2, 0.25) is 11.8 Å². The molecule has 1 aromatic rings. The molecule has 4 atom stereocenters. The average molecular weight is 547 g/mol. The second-order valence-corrected chi connectivity index (χ2v) is 10.2. The zero-order valence-electron chi connectivity index (χ0n) is 20.8. The first-order valence-electron chi connectivity index (χ1n) is 11.6. The zero-order valence-corrected chi connectivity index (χ0v) is 21.6. The number of likely N-dealkylation sites (tertiary alicyclic amines) is 1. The first kappa shape index (κ1) is 28.8. The fourth-order valence-electron chi connectivity index (χ4n) is 5.64. The molecule has 3 heterocycles. The summed E-state index contributed by atoms with van der Waals surface area (Å²) in [5, 5.41) is 7.12. The highest BCUT2D eigenvalue weighted by atomic mass is 32.2. The Labute approximate surface area is 216 Å². The molecule has 13 heteroatoms. The number of nitrogens with zero attached hydrogens (tertiary/aromatic N) is 2. The number of piperidine rings is 1. The van der Waals surface area contributed by atoms with Crippen molar-refractivity contribution in [3.63, 3.8) is 0 Å². The number of ether oxygens (including phenoxy) is 2. The van der Waals surface area contributed by atoms with Crippen molar-refractivity contribution < 1.29 is 46.9 Å². The van der Waals surface area contributed by atoms with Crippen LogP contribution in [0.25, 0.3) is 0 Å². The maximum absolute atomic E-state index is 13.2. The van der Waals surface area contributed by atoms with Crippen molar-refractivity contribution in [3.05, 3.63) is 23.8 Å². The molecule has 0 spiro atoms. The summed E-state index contributed by atoms with van der Waals surface area (Å²) in [4.78, 5) is 52.7. The Balaban J connectivity index is 0.000000479. The molecule has 0 unspecified atom stereocenters. The van der Waals surface area contributed by atoms with Gasteiger partial charge in [0.1, 0.15) is 11.3 Å². The maximum Gasteiger partial charge on any atom is 0.490 e. The summed E-state index contributed by atoms with van der Waals surface area (Å²) >= 11 is 1.69. The number of halogens is 3. The minimum atomic E-state index is -5.08. The number of alkyl halides is 3. The highest BCUT2D eigenvalue weighted by Gasteiger charge is 2.72. The predicted molar refractivity (Wildman–Crippen MR) is 126 cm³/mol. The van der Waals surface area contributed by atoms with Crippen molar-refractivity contribution in [1.29, 1.82) is 0 Å². The maximum atomic E-state index is 13.2. The number of benzene rings is 1. The summed E-state index contributed by atoms with van der Waals surface area (Å²) in [5.74, 6) is -3.34. The van der Waals surface area contributed by atoms with Crippen LogP contribution >= 0.6 is 11.8 Å². The molecule has 9 nitrogen and oxygen atoms in total. The van der Waals surface area contributed by atoms with E-state index in [1.807, 2.05) is 18.2 Å². The van der Waals surface area contributed by atoms with Gasteiger partial charge in [-0.2, -0.15) is 13.2 Å². The predicted octanol–water partition coefficient (Wildman–Crippen LogP) is 3.12. The van der Waals surface area contributed by atoms with E-state index in [1.165, 1.54) is 19.1 Å². The van der Waals surface area contributed by atoms with Gasteiger partial charge in [-0.15, -0.1) is 11.8 Å². The van der Waals surface area contributed by atoms with E-state index in [4.69, 9.17) is 19.4 Å². The quantitative estimate of drug-likeness (QED) is 0.338. The number of fused-ring (bicyclic) bond motifs is 3. The first-order chi connectivity index (χ1) is 17.4. The summed E-state index contributed by atoms with van der Waals surface area (Å²) in [7, 11) is 4.50. The van der Waals surface area contributed by atoms with Gasteiger partial charge in [0, 0.05) is 18.0 Å². The fourth-order valence-corrected chi connectivity index (χ4v) is 6.40. The number of esters is 1. The standard InChI is InChI=1S/C22H28N2O5S.C2HF3O2/c1-5-30-15-9-8-13(12-14(15)28-3)18-16-17(20(26)23(2)19(16)25)22(21(27)29-4)10-6-7-11-24(18)22;3-2(4,5)1(6)7/h8-9,12,16-18H,5-7,10-11H2,1-4H3;(H,6,7)/t16-,17-,18-,22+;/m1./s1. The number of carbonyl (C=O) groups is 4. The third-order valence-electron chi connectivity index (χ3n) is 7.09. The number of imide groups is 1. The monoisotopic (exact) mass is 546 g/mol. The Hall–Kier alpha value is -2.80. The summed E-state index contributed by atoms with van der Waals surface area (Å²) in [5.41, 5.74) is -0.198. The number of hydrogen-bond donors (Lipinski definition) is 1. The van der Waals surface area contributed by atoms with E-state index in [-0.39, 0.29) is 17.9 Å². The molecule has 1 aromatic carbocycles. The van der Waals surface area contributed by atoms with Gasteiger partial charge in [-0.3, -0.25) is 24.2 Å². The van der Waals surface area contributed by atoms with E-state index in [9.17, 15) is 27.6 Å². The van der Waals surface area contributed by atoms with Gasteiger partial charge in [0.05, 0.1) is 26.1 Å². The lowest BCUT2D eigenvalue weighted by atomic mass is 9.75. The minimum Gasteiger partial charge on any atom is -0.496 e. The molecule has 37 heavy (non-hydrogen) atoms. The van der Waals surface area contributed by atoms with Gasteiger partial charge in [-0.25, -0.2) is 4.79 Å². The highest BCUT2D eigenvalue weighted by Crippen LogP contribution is 2.58. The summed E-state index contributed by atoms with van der Waals surface area (Å²) in [6, 6.07) is 5.59. The zero-order chi connectivity index (χ0) is 27.7. The Bertz CT molecular complexity index is 1080. The molecule has 1 N–H and O–H groups in total. The SMILES string of the molecule is CCSc1ccc([C@@H]2[C@@H]3C(=O)N(C)C(=O)[C@@H]3[C@]3(C(=O)OC)CCCCN23)cc1OC.O=C(O)C(F)(F)F. The van der Waals surface area contributed by atoms with Crippen LogP contribution in [0.15, 0.2) is 23.1 Å². The summed E-state index contributed by atoms with van der Waals surface area (Å²) < 4.78 is 42.6. The molecule has 0 aromatic heterocycles. The Morgan fingerprint density at radius 1 is 1.19 bits per heavy atom. The lowest BCUT2D eigenvalue weighted by Crippen LogP contribution is -2.59. The molecule has 4 rings (SSSR count). The minimum absolute atomic E-state index is 0.223. The van der Waals surface area contributed by atoms with Crippen molar-refractivity contribution >= 4 is 35.5 Å². The lowest BCUT2D eigenvalue weighted by molar-refractivity contribution is -0.192. The topological polar surface area (TPSA) is 113 Å². The number of carbonyl (C=O) groups excluding carboxylic acids is 3. The largest absolute Gasteiger partial charge is 0.496 e. The van der Waals surface area contributed by atoms with Gasteiger partial charge < -0.3 is 14.6 Å². The number of rotatable bonds is 5. The van der Waals surface area contributed by atoms with Crippen LogP contribution in [-0.4, -0.2) is 83.9 Å². The molecular formula is C24H29F3N2O7S. The molecule has 0 bridgehead atoms. The van der Waals surface area contributed by atoms with Crippen LogP contribution in [0.1, 0.15) is 37.8 Å². The van der Waals surface area contributed by atoms with Crippen molar-refractivity contribution in [3.8, 4) is 5.75 Å². The molecule has 0 aliphatic carbocycles. The lowest BCUT2D eigenvalue weighted by Gasteiger charge is -2.44. The molecule has 0 radical (unpaired) electrons. The van der Waals surface area contributed by atoms with Crippen LogP contribution in [0, 0.1) is 11.8 Å². The number of methoxy groups -OCH3 is 2. The summed E-state index contributed by atoms with van der Waals surface area (Å²) in [6.45, 7) is 2.72. The van der Waals surface area contributed by atoms with E-state index in [0.717, 1.165) is 34.8 Å². The Morgan fingerprint density at radius 3 is 2.38 bits per heavy atom. The smallest absolute Gasteiger partial charge is 0.490 e. The number of hydrogen-bond acceptors (Lipinski definition) is 8. The van der Waals surface area contributed by atoms with Crippen LogP contribution in [0.2, 0.25) is 0 Å². The van der Waals surface area contributed by atoms with Crippen LogP contribution in [0.3, 0.4) is 0 Å². The molecule has 0 saturated carbocycles. The average Bonchev–Trinajstić information content (AvgIpc) is 3.30. The molecular weight excluding hydrogens is 517 g/mol. The summed E-state index contributed by atoms with van der Waals surface area (Å²) in [6.07, 6.45) is -2.83. The van der Waals surface area contributed by atoms with Gasteiger partial charge in [-0.05, 0) is 49.3 Å². The molecule has 204 valence electrons. The van der Waals surface area contributed by atoms with Crippen molar-refractivity contribution in [1.82, 2.24) is 9.80 Å². The van der Waals surface area contributed by atoms with Gasteiger partial charge in [-0.1, -0.05) is 13.0 Å². The number of thioether (sulfide) groups is 1. The Morgan fingerprint density at radius 2 is 1.84 bits per heavy atom. The van der Waals surface area contributed by atoms with E-state index < -0.39 is 35.5 Å². The third kappa shape index (κ3) is 4.90. The number of carboxylic acid groups (broad SMARTS) is 1. The normalized spacial score (nSPS) is 27.2. The van der Waals surface area contributed by atoms with E-state index in [0.29, 0.717) is 13.0 Å². The van der Waals surface area contributed by atoms with E-state index in [2.05, 4.69) is 11.8 Å². The molecule has 3 aliphatic rings. The second kappa shape index (κ2) is 10.9. The molecule has 3 fully saturated rings. The fraction of sp³-hybridized carbons (Fsp3) is 0.583. The van der Waals surface area contributed by atoms with Crippen LogP contribution < -0.4 is 4.74 Å². The van der Waals surface area contributed by atoms with Gasteiger partial charge >= 0.3 is 18.1 Å².